The third-order valence-electron chi connectivity index (χ3n) is 3.33. The molecular weight excluding hydrogens is 306 g/mol. The summed E-state index contributed by atoms with van der Waals surface area (Å²) in [4.78, 5) is 13.3. The summed E-state index contributed by atoms with van der Waals surface area (Å²) in [6, 6.07) is 17.8. The molecule has 0 aliphatic rings. The van der Waals surface area contributed by atoms with Gasteiger partial charge in [0.2, 0.25) is 5.91 Å². The Labute approximate surface area is 142 Å². The summed E-state index contributed by atoms with van der Waals surface area (Å²) >= 11 is 1.56. The minimum atomic E-state index is -0.140. The first-order valence-corrected chi connectivity index (χ1v) is 8.64. The molecule has 0 heterocycles. The molecule has 0 fully saturated rings. The lowest BCUT2D eigenvalue weighted by atomic mass is 10.2. The summed E-state index contributed by atoms with van der Waals surface area (Å²) in [6.07, 6.45) is 0. The van der Waals surface area contributed by atoms with E-state index >= 15 is 0 Å². The zero-order chi connectivity index (χ0) is 16.7. The molecule has 3 nitrogen and oxygen atoms in total. The van der Waals surface area contributed by atoms with E-state index in [1.807, 2.05) is 75.4 Å². The smallest absolute Gasteiger partial charge is 0.233 e. The van der Waals surface area contributed by atoms with Crippen molar-refractivity contribution in [2.24, 2.45) is 0 Å². The van der Waals surface area contributed by atoms with Crippen molar-refractivity contribution in [2.45, 2.75) is 37.0 Å². The van der Waals surface area contributed by atoms with Crippen molar-refractivity contribution in [3.8, 4) is 5.75 Å². The minimum Gasteiger partial charge on any atom is -0.491 e. The molecule has 0 aliphatic heterocycles. The van der Waals surface area contributed by atoms with Crippen molar-refractivity contribution in [3.63, 3.8) is 0 Å². The zero-order valence-corrected chi connectivity index (χ0v) is 14.6. The van der Waals surface area contributed by atoms with Gasteiger partial charge >= 0.3 is 0 Å². The monoisotopic (exact) mass is 329 g/mol. The van der Waals surface area contributed by atoms with Crippen LogP contribution in [-0.2, 0) is 4.79 Å². The van der Waals surface area contributed by atoms with Gasteiger partial charge in [0.15, 0.2) is 0 Å². The minimum absolute atomic E-state index is 0.0267. The Balaban J connectivity index is 1.76. The quantitative estimate of drug-likeness (QED) is 0.779. The number of hydrogen-bond acceptors (Lipinski definition) is 3. The van der Waals surface area contributed by atoms with E-state index in [1.165, 1.54) is 5.56 Å². The number of nitrogens with one attached hydrogen (secondary N) is 1. The largest absolute Gasteiger partial charge is 0.491 e. The molecule has 0 radical (unpaired) electrons. The average molecular weight is 329 g/mol. The molecular formula is C19H23NO2S. The summed E-state index contributed by atoms with van der Waals surface area (Å²) in [7, 11) is 0. The van der Waals surface area contributed by atoms with Crippen LogP contribution in [0.4, 0.5) is 0 Å². The first kappa shape index (κ1) is 17.4. The molecule has 2 aromatic carbocycles. The summed E-state index contributed by atoms with van der Waals surface area (Å²) in [5.41, 5.74) is 1.20. The number of aryl methyl sites for hydroxylation is 1. The Hall–Kier alpha value is -1.94. The summed E-state index contributed by atoms with van der Waals surface area (Å²) in [5.74, 6) is 0.849. The van der Waals surface area contributed by atoms with Gasteiger partial charge in [0.25, 0.3) is 0 Å². The number of thioether (sulfide) groups is 1. The van der Waals surface area contributed by atoms with Crippen LogP contribution in [0.2, 0.25) is 0 Å². The number of hydrogen-bond donors (Lipinski definition) is 1. The van der Waals surface area contributed by atoms with Crippen LogP contribution in [0.5, 0.6) is 5.75 Å². The fraction of sp³-hybridized carbons (Fsp3) is 0.316. The molecule has 4 heteroatoms. The lowest BCUT2D eigenvalue weighted by molar-refractivity contribution is -0.121. The van der Waals surface area contributed by atoms with Gasteiger partial charge in [-0.15, -0.1) is 11.8 Å². The summed E-state index contributed by atoms with van der Waals surface area (Å²) in [6.45, 7) is 6.36. The highest BCUT2D eigenvalue weighted by Crippen LogP contribution is 2.22. The van der Waals surface area contributed by atoms with Crippen molar-refractivity contribution in [2.75, 3.05) is 6.61 Å². The second kappa shape index (κ2) is 8.63. The fourth-order valence-electron chi connectivity index (χ4n) is 2.01. The molecule has 2 rings (SSSR count). The molecule has 1 amide bonds. The first-order valence-electron chi connectivity index (χ1n) is 7.76. The van der Waals surface area contributed by atoms with Crippen LogP contribution in [0, 0.1) is 6.92 Å². The fourth-order valence-corrected chi connectivity index (χ4v) is 2.91. The van der Waals surface area contributed by atoms with Gasteiger partial charge in [0.05, 0.1) is 11.3 Å². The molecule has 0 bridgehead atoms. The van der Waals surface area contributed by atoms with Crippen LogP contribution in [0.25, 0.3) is 0 Å². The number of benzene rings is 2. The maximum atomic E-state index is 12.2. The molecule has 0 saturated carbocycles. The van der Waals surface area contributed by atoms with E-state index in [0.29, 0.717) is 6.61 Å². The van der Waals surface area contributed by atoms with Crippen LogP contribution < -0.4 is 10.1 Å². The Kier molecular flexibility index (Phi) is 6.53. The molecule has 1 N–H and O–H groups in total. The molecule has 0 unspecified atom stereocenters. The van der Waals surface area contributed by atoms with Crippen molar-refractivity contribution < 1.29 is 9.53 Å². The normalized spacial score (nSPS) is 13.2. The maximum absolute atomic E-state index is 12.2. The van der Waals surface area contributed by atoms with Crippen LogP contribution in [0.15, 0.2) is 59.5 Å². The molecule has 0 saturated heterocycles. The third kappa shape index (κ3) is 5.99. The lowest BCUT2D eigenvalue weighted by Gasteiger charge is -2.18. The van der Waals surface area contributed by atoms with E-state index in [9.17, 15) is 4.79 Å². The lowest BCUT2D eigenvalue weighted by Crippen LogP contribution is -2.40. The average Bonchev–Trinajstić information content (AvgIpc) is 2.55. The van der Waals surface area contributed by atoms with Crippen molar-refractivity contribution in [1.29, 1.82) is 0 Å². The van der Waals surface area contributed by atoms with Crippen LogP contribution in [0.3, 0.4) is 0 Å². The number of ether oxygens (including phenoxy) is 1. The molecule has 0 aromatic heterocycles. The van der Waals surface area contributed by atoms with Gasteiger partial charge in [-0.05, 0) is 45.0 Å². The van der Waals surface area contributed by atoms with Crippen molar-refractivity contribution in [1.82, 2.24) is 5.32 Å². The highest BCUT2D eigenvalue weighted by atomic mass is 32.2. The van der Waals surface area contributed by atoms with Gasteiger partial charge in [0.1, 0.15) is 12.4 Å². The van der Waals surface area contributed by atoms with Gasteiger partial charge in [0, 0.05) is 4.90 Å². The van der Waals surface area contributed by atoms with E-state index in [2.05, 4.69) is 5.32 Å². The highest BCUT2D eigenvalue weighted by molar-refractivity contribution is 8.00. The number of rotatable bonds is 7. The van der Waals surface area contributed by atoms with Crippen LogP contribution in [-0.4, -0.2) is 23.8 Å². The van der Waals surface area contributed by atoms with Crippen LogP contribution >= 0.6 is 11.8 Å². The maximum Gasteiger partial charge on any atom is 0.233 e. The van der Waals surface area contributed by atoms with Crippen molar-refractivity contribution >= 4 is 17.7 Å². The predicted octanol–water partition coefficient (Wildman–Crippen LogP) is 4.06. The molecule has 2 aromatic rings. The van der Waals surface area contributed by atoms with E-state index in [0.717, 1.165) is 10.6 Å². The Morgan fingerprint density at radius 2 is 1.74 bits per heavy atom. The van der Waals surface area contributed by atoms with E-state index in [1.54, 1.807) is 11.8 Å². The zero-order valence-electron chi connectivity index (χ0n) is 13.8. The van der Waals surface area contributed by atoms with Gasteiger partial charge in [-0.3, -0.25) is 4.79 Å². The molecule has 0 spiro atoms. The molecule has 2 atom stereocenters. The number of carbonyl (C=O) groups is 1. The Bertz CT molecular complexity index is 613. The predicted molar refractivity (Wildman–Crippen MR) is 96.0 cm³/mol. The molecule has 0 aliphatic carbocycles. The van der Waals surface area contributed by atoms with E-state index in [4.69, 9.17) is 4.74 Å². The van der Waals surface area contributed by atoms with Gasteiger partial charge < -0.3 is 10.1 Å². The Morgan fingerprint density at radius 3 is 2.39 bits per heavy atom. The van der Waals surface area contributed by atoms with Crippen molar-refractivity contribution in [3.05, 3.63) is 60.2 Å². The second-order valence-corrected chi connectivity index (χ2v) is 7.02. The van der Waals surface area contributed by atoms with Gasteiger partial charge in [-0.2, -0.15) is 0 Å². The summed E-state index contributed by atoms with van der Waals surface area (Å²) in [5, 5.41) is 2.86. The van der Waals surface area contributed by atoms with Crippen LogP contribution in [0.1, 0.15) is 19.4 Å². The SMILES string of the molecule is Cc1ccc(OC[C@H](C)NC(=O)[C@@H](C)Sc2ccccc2)cc1. The first-order chi connectivity index (χ1) is 11.0. The van der Waals surface area contributed by atoms with Gasteiger partial charge in [-0.25, -0.2) is 0 Å². The topological polar surface area (TPSA) is 38.3 Å². The molecule has 23 heavy (non-hydrogen) atoms. The van der Waals surface area contributed by atoms with E-state index in [-0.39, 0.29) is 17.2 Å². The number of amides is 1. The summed E-state index contributed by atoms with van der Waals surface area (Å²) < 4.78 is 5.70. The molecule has 122 valence electrons. The second-order valence-electron chi connectivity index (χ2n) is 5.61. The van der Waals surface area contributed by atoms with E-state index < -0.39 is 0 Å². The Morgan fingerprint density at radius 1 is 1.09 bits per heavy atom. The number of carbonyl (C=O) groups excluding carboxylic acids is 1. The highest BCUT2D eigenvalue weighted by Gasteiger charge is 2.16. The third-order valence-corrected chi connectivity index (χ3v) is 4.45. The van der Waals surface area contributed by atoms with Gasteiger partial charge in [-0.1, -0.05) is 35.9 Å². The standard InChI is InChI=1S/C19H23NO2S/c1-14-9-11-17(12-10-14)22-13-15(2)20-19(21)16(3)23-18-7-5-4-6-8-18/h4-12,15-16H,13H2,1-3H3,(H,20,21)/t15-,16+/m0/s1.